The van der Waals surface area contributed by atoms with Gasteiger partial charge in [0.25, 0.3) is 0 Å². The number of rotatable bonds is 7. The Bertz CT molecular complexity index is 1220. The number of nitrogens with one attached hydrogen (secondary N) is 2. The molecule has 1 aromatic carbocycles. The lowest BCUT2D eigenvalue weighted by Gasteiger charge is -2.47. The maximum Gasteiger partial charge on any atom is 0.573 e. The summed E-state index contributed by atoms with van der Waals surface area (Å²) in [7, 11) is 1.67. The van der Waals surface area contributed by atoms with E-state index in [9.17, 15) is 23.1 Å². The average Bonchev–Trinajstić information content (AvgIpc) is 3.44. The number of anilines is 1. The molecule has 1 aliphatic carbocycles. The van der Waals surface area contributed by atoms with E-state index in [0.717, 1.165) is 30.9 Å². The van der Waals surface area contributed by atoms with Crippen LogP contribution in [-0.4, -0.2) is 68.8 Å². The summed E-state index contributed by atoms with van der Waals surface area (Å²) in [5, 5.41) is 24.2. The van der Waals surface area contributed by atoms with E-state index < -0.39 is 12.0 Å². The van der Waals surface area contributed by atoms with Gasteiger partial charge < -0.3 is 20.5 Å². The van der Waals surface area contributed by atoms with E-state index in [-0.39, 0.29) is 24.2 Å². The molecule has 5 rings (SSSR count). The van der Waals surface area contributed by atoms with E-state index in [1.807, 2.05) is 5.38 Å². The zero-order valence-electron chi connectivity index (χ0n) is 19.6. The number of amides is 1. The van der Waals surface area contributed by atoms with Gasteiger partial charge in [0, 0.05) is 43.1 Å². The Morgan fingerprint density at radius 1 is 1.31 bits per heavy atom. The fourth-order valence-corrected chi connectivity index (χ4v) is 5.83. The first-order valence-electron chi connectivity index (χ1n) is 11.7. The van der Waals surface area contributed by atoms with Crippen LogP contribution >= 0.6 is 11.3 Å². The number of fused-ring (bicyclic) bond motifs is 1. The number of halogens is 3. The smallest absolute Gasteiger partial charge is 0.406 e. The summed E-state index contributed by atoms with van der Waals surface area (Å²) >= 11 is 1.49. The second-order valence-corrected chi connectivity index (χ2v) is 10.3. The number of aromatic nitrogens is 3. The molecule has 0 radical (unpaired) electrons. The topological polar surface area (TPSA) is 105 Å². The van der Waals surface area contributed by atoms with Gasteiger partial charge in [0.2, 0.25) is 5.91 Å². The number of ether oxygens (including phenoxy) is 1. The lowest BCUT2D eigenvalue weighted by molar-refractivity contribution is -0.274. The van der Waals surface area contributed by atoms with Gasteiger partial charge in [-0.25, -0.2) is 4.98 Å². The van der Waals surface area contributed by atoms with E-state index in [0.29, 0.717) is 35.6 Å². The van der Waals surface area contributed by atoms with Crippen molar-refractivity contribution in [2.75, 3.05) is 25.0 Å². The van der Waals surface area contributed by atoms with Crippen LogP contribution in [0.4, 0.5) is 19.0 Å². The molecule has 0 unspecified atom stereocenters. The van der Waals surface area contributed by atoms with Crippen LogP contribution in [0.1, 0.15) is 30.7 Å². The highest BCUT2D eigenvalue weighted by Gasteiger charge is 2.41. The molecular weight excluding hydrogens is 497 g/mol. The highest BCUT2D eigenvalue weighted by Crippen LogP contribution is 2.40. The molecule has 1 amide bonds. The normalized spacial score (nSPS) is 23.4. The number of thiazole rings is 1. The van der Waals surface area contributed by atoms with E-state index >= 15 is 0 Å². The molecule has 1 saturated heterocycles. The van der Waals surface area contributed by atoms with Crippen LogP contribution in [0.25, 0.3) is 10.9 Å². The Balaban J connectivity index is 1.09. The molecule has 2 aromatic heterocycles. The summed E-state index contributed by atoms with van der Waals surface area (Å²) in [6.07, 6.45) is 0.0423. The summed E-state index contributed by atoms with van der Waals surface area (Å²) in [6, 6.07) is 4.37. The van der Waals surface area contributed by atoms with Gasteiger partial charge in [-0.05, 0) is 43.9 Å². The third-order valence-electron chi connectivity index (χ3n) is 6.88. The Morgan fingerprint density at radius 2 is 2.06 bits per heavy atom. The highest BCUT2D eigenvalue weighted by atomic mass is 32.1. The van der Waals surface area contributed by atoms with Crippen LogP contribution in [0.2, 0.25) is 0 Å². The maximum atomic E-state index is 12.6. The molecule has 2 aliphatic rings. The zero-order chi connectivity index (χ0) is 25.5. The third-order valence-corrected chi connectivity index (χ3v) is 7.84. The Morgan fingerprint density at radius 3 is 2.72 bits per heavy atom. The molecule has 13 heteroatoms. The van der Waals surface area contributed by atoms with Crippen LogP contribution in [0.15, 0.2) is 29.8 Å². The van der Waals surface area contributed by atoms with Crippen LogP contribution in [0.3, 0.4) is 0 Å². The molecule has 0 atom stereocenters. The molecule has 3 N–H and O–H groups in total. The monoisotopic (exact) mass is 524 g/mol. The van der Waals surface area contributed by atoms with Gasteiger partial charge in [-0.2, -0.15) is 5.10 Å². The molecule has 0 bridgehead atoms. The number of hydrogen-bond donors (Lipinski definition) is 3. The van der Waals surface area contributed by atoms with Crippen molar-refractivity contribution in [2.45, 2.75) is 49.7 Å². The fraction of sp³-hybridized carbons (Fsp3) is 0.522. The molecule has 3 aromatic rings. The van der Waals surface area contributed by atoms with E-state index in [2.05, 4.69) is 30.4 Å². The SMILES string of the molecule is Cn1nc(NCC(=O)NC2CN([C@H]3CC[C@@](O)(c4nccs4)CC3)C2)c2cc(OC(F)(F)F)ccc21. The molecule has 9 nitrogen and oxygen atoms in total. The molecule has 1 aliphatic heterocycles. The Kier molecular flexibility index (Phi) is 6.55. The lowest BCUT2D eigenvalue weighted by Crippen LogP contribution is -2.63. The summed E-state index contributed by atoms with van der Waals surface area (Å²) in [5.41, 5.74) is -0.222. The van der Waals surface area contributed by atoms with Crippen molar-refractivity contribution in [3.05, 3.63) is 34.8 Å². The number of alkyl halides is 3. The van der Waals surface area contributed by atoms with Crippen molar-refractivity contribution in [1.82, 2.24) is 25.0 Å². The van der Waals surface area contributed by atoms with Crippen molar-refractivity contribution in [1.29, 1.82) is 0 Å². The number of hydrogen-bond acceptors (Lipinski definition) is 8. The molecule has 36 heavy (non-hydrogen) atoms. The quantitative estimate of drug-likeness (QED) is 0.437. The van der Waals surface area contributed by atoms with Crippen molar-refractivity contribution in [3.8, 4) is 5.75 Å². The Hall–Kier alpha value is -2.90. The summed E-state index contributed by atoms with van der Waals surface area (Å²) in [5.74, 6) is -0.263. The largest absolute Gasteiger partial charge is 0.573 e. The van der Waals surface area contributed by atoms with Gasteiger partial charge >= 0.3 is 6.36 Å². The Labute approximate surface area is 209 Å². The molecule has 194 valence electrons. The average molecular weight is 525 g/mol. The maximum absolute atomic E-state index is 12.6. The van der Waals surface area contributed by atoms with E-state index in [1.165, 1.54) is 34.2 Å². The molecule has 0 spiro atoms. The van der Waals surface area contributed by atoms with Gasteiger partial charge in [0.05, 0.1) is 18.1 Å². The number of nitrogens with zero attached hydrogens (tertiary/aromatic N) is 4. The van der Waals surface area contributed by atoms with E-state index in [1.54, 1.807) is 13.2 Å². The van der Waals surface area contributed by atoms with Gasteiger partial charge in [-0.3, -0.25) is 14.4 Å². The molecular formula is C23H27F3N6O3S. The minimum absolute atomic E-state index is 0.0336. The van der Waals surface area contributed by atoms with Crippen molar-refractivity contribution >= 4 is 34.0 Å². The van der Waals surface area contributed by atoms with Crippen LogP contribution in [0.5, 0.6) is 5.75 Å². The third kappa shape index (κ3) is 5.27. The summed E-state index contributed by atoms with van der Waals surface area (Å²) < 4.78 is 43.2. The number of aryl methyl sites for hydroxylation is 1. The standard InChI is InChI=1S/C23H27F3N6O3S/c1-31-18-3-2-16(35-23(24,25)26)10-17(18)20(30-31)28-11-19(33)29-14-12-32(13-14)15-4-6-22(34,7-5-15)21-27-8-9-36-21/h2-3,8-10,14-15,34H,4-7,11-13H2,1H3,(H,28,30)(H,29,33)/t15-,22-. The highest BCUT2D eigenvalue weighted by molar-refractivity contribution is 7.09. The van der Waals surface area contributed by atoms with Crippen molar-refractivity contribution < 1.29 is 27.8 Å². The summed E-state index contributed by atoms with van der Waals surface area (Å²) in [4.78, 5) is 19.1. The fourth-order valence-electron chi connectivity index (χ4n) is 5.03. The molecule has 2 fully saturated rings. The predicted molar refractivity (Wildman–Crippen MR) is 128 cm³/mol. The summed E-state index contributed by atoms with van der Waals surface area (Å²) in [6.45, 7) is 1.44. The van der Waals surface area contributed by atoms with Crippen LogP contribution in [-0.2, 0) is 17.4 Å². The minimum atomic E-state index is -4.79. The second-order valence-electron chi connectivity index (χ2n) is 9.37. The molecule has 3 heterocycles. The minimum Gasteiger partial charge on any atom is -0.406 e. The second kappa shape index (κ2) is 9.52. The van der Waals surface area contributed by atoms with Gasteiger partial charge in [-0.15, -0.1) is 24.5 Å². The zero-order valence-corrected chi connectivity index (χ0v) is 20.4. The molecule has 1 saturated carbocycles. The van der Waals surface area contributed by atoms with E-state index in [4.69, 9.17) is 0 Å². The number of benzene rings is 1. The van der Waals surface area contributed by atoms with Gasteiger partial charge in [-0.1, -0.05) is 0 Å². The number of likely N-dealkylation sites (tertiary alicyclic amines) is 1. The number of aliphatic hydroxyl groups is 1. The van der Waals surface area contributed by atoms with Crippen molar-refractivity contribution in [2.24, 2.45) is 7.05 Å². The first-order valence-corrected chi connectivity index (χ1v) is 12.6. The first kappa shape index (κ1) is 24.8. The number of carbonyl (C=O) groups is 1. The van der Waals surface area contributed by atoms with Crippen LogP contribution in [0, 0.1) is 0 Å². The van der Waals surface area contributed by atoms with Gasteiger partial charge in [0.1, 0.15) is 16.4 Å². The van der Waals surface area contributed by atoms with Crippen LogP contribution < -0.4 is 15.4 Å². The number of carbonyl (C=O) groups excluding carboxylic acids is 1. The first-order chi connectivity index (χ1) is 17.1. The predicted octanol–water partition coefficient (Wildman–Crippen LogP) is 2.97. The van der Waals surface area contributed by atoms with Crippen molar-refractivity contribution in [3.63, 3.8) is 0 Å². The lowest BCUT2D eigenvalue weighted by atomic mass is 9.81. The van der Waals surface area contributed by atoms with Gasteiger partial charge in [0.15, 0.2) is 5.82 Å².